The maximum atomic E-state index is 12.3. The first-order valence-electron chi connectivity index (χ1n) is 8.64. The largest absolute Gasteiger partial charge is 0.497 e. The molecule has 0 atom stereocenters. The minimum Gasteiger partial charge on any atom is -0.497 e. The van der Waals surface area contributed by atoms with E-state index in [9.17, 15) is 9.59 Å². The molecule has 1 aromatic heterocycles. The lowest BCUT2D eigenvalue weighted by molar-refractivity contribution is -0.116. The number of aromatic nitrogens is 1. The molecule has 0 fully saturated rings. The van der Waals surface area contributed by atoms with Gasteiger partial charge < -0.3 is 15.0 Å². The topological polar surface area (TPSA) is 71.5 Å². The first-order valence-corrected chi connectivity index (χ1v) is 8.64. The number of para-hydroxylation sites is 1. The highest BCUT2D eigenvalue weighted by atomic mass is 16.5. The van der Waals surface area contributed by atoms with Crippen LogP contribution in [0.1, 0.15) is 17.3 Å². The third-order valence-electron chi connectivity index (χ3n) is 4.26. The molecule has 0 spiro atoms. The van der Waals surface area contributed by atoms with Gasteiger partial charge in [0.15, 0.2) is 0 Å². The second kappa shape index (κ2) is 8.31. The molecule has 27 heavy (non-hydrogen) atoms. The van der Waals surface area contributed by atoms with Gasteiger partial charge in [-0.05, 0) is 36.4 Å². The minimum atomic E-state index is -0.197. The molecular formula is C21H21N3O3. The van der Waals surface area contributed by atoms with Gasteiger partial charge in [0.25, 0.3) is 5.91 Å². The Morgan fingerprint density at radius 2 is 1.81 bits per heavy atom. The van der Waals surface area contributed by atoms with E-state index in [4.69, 9.17) is 4.74 Å². The first-order chi connectivity index (χ1) is 13.1. The van der Waals surface area contributed by atoms with Crippen LogP contribution in [-0.2, 0) is 4.79 Å². The van der Waals surface area contributed by atoms with E-state index >= 15 is 0 Å². The Hall–Kier alpha value is -3.41. The fourth-order valence-corrected chi connectivity index (χ4v) is 2.88. The van der Waals surface area contributed by atoms with Crippen molar-refractivity contribution in [3.05, 3.63) is 66.4 Å². The van der Waals surface area contributed by atoms with Gasteiger partial charge in [-0.2, -0.15) is 0 Å². The second-order valence-corrected chi connectivity index (χ2v) is 6.01. The molecule has 6 heteroatoms. The van der Waals surface area contributed by atoms with Gasteiger partial charge in [0.05, 0.1) is 18.3 Å². The number of benzene rings is 2. The van der Waals surface area contributed by atoms with Crippen molar-refractivity contribution in [3.63, 3.8) is 0 Å². The van der Waals surface area contributed by atoms with Crippen LogP contribution in [0.5, 0.6) is 5.75 Å². The number of anilines is 1. The molecule has 3 rings (SSSR count). The molecule has 0 bridgehead atoms. The summed E-state index contributed by atoms with van der Waals surface area (Å²) in [7, 11) is 1.58. The number of nitrogens with one attached hydrogen (secondary N) is 1. The summed E-state index contributed by atoms with van der Waals surface area (Å²) < 4.78 is 5.09. The van der Waals surface area contributed by atoms with Crippen molar-refractivity contribution in [1.29, 1.82) is 0 Å². The average Bonchev–Trinajstić information content (AvgIpc) is 2.70. The maximum Gasteiger partial charge on any atom is 0.251 e. The van der Waals surface area contributed by atoms with Crippen molar-refractivity contribution in [2.75, 3.05) is 25.1 Å². The molecular weight excluding hydrogens is 342 g/mol. The number of fused-ring (bicyclic) bond motifs is 1. The van der Waals surface area contributed by atoms with Gasteiger partial charge in [0.1, 0.15) is 5.75 Å². The lowest BCUT2D eigenvalue weighted by atomic mass is 10.1. The van der Waals surface area contributed by atoms with Gasteiger partial charge in [-0.25, -0.2) is 0 Å². The molecule has 0 radical (unpaired) electrons. The summed E-state index contributed by atoms with van der Waals surface area (Å²) in [5, 5.41) is 3.81. The van der Waals surface area contributed by atoms with E-state index in [1.165, 1.54) is 6.92 Å². The van der Waals surface area contributed by atoms with Crippen molar-refractivity contribution in [1.82, 2.24) is 10.3 Å². The first kappa shape index (κ1) is 18.4. The maximum absolute atomic E-state index is 12.3. The van der Waals surface area contributed by atoms with Crippen LogP contribution in [0.3, 0.4) is 0 Å². The van der Waals surface area contributed by atoms with Crippen molar-refractivity contribution in [2.45, 2.75) is 6.92 Å². The Kier molecular flexibility index (Phi) is 5.66. The van der Waals surface area contributed by atoms with E-state index in [2.05, 4.69) is 10.3 Å². The molecule has 0 aliphatic heterocycles. The SMILES string of the molecule is COc1ccc(C(=O)NCCN(C(C)=O)c2cccc3cccnc23)cc1. The van der Waals surface area contributed by atoms with E-state index in [0.717, 1.165) is 16.6 Å². The number of carbonyl (C=O) groups excluding carboxylic acids is 2. The third-order valence-corrected chi connectivity index (χ3v) is 4.26. The van der Waals surface area contributed by atoms with Crippen LogP contribution in [0.2, 0.25) is 0 Å². The Morgan fingerprint density at radius 1 is 1.07 bits per heavy atom. The van der Waals surface area contributed by atoms with E-state index in [1.54, 1.807) is 42.5 Å². The van der Waals surface area contributed by atoms with Gasteiger partial charge in [0.2, 0.25) is 5.91 Å². The zero-order chi connectivity index (χ0) is 19.2. The van der Waals surface area contributed by atoms with Crippen LogP contribution in [-0.4, -0.2) is 37.0 Å². The number of methoxy groups -OCH3 is 1. The van der Waals surface area contributed by atoms with Crippen LogP contribution in [0.4, 0.5) is 5.69 Å². The van der Waals surface area contributed by atoms with Crippen molar-refractivity contribution in [3.8, 4) is 5.75 Å². The fourth-order valence-electron chi connectivity index (χ4n) is 2.88. The highest BCUT2D eigenvalue weighted by Gasteiger charge is 2.15. The van der Waals surface area contributed by atoms with E-state index in [1.807, 2.05) is 30.3 Å². The molecule has 0 unspecified atom stereocenters. The summed E-state index contributed by atoms with van der Waals surface area (Å²) in [6, 6.07) is 16.4. The molecule has 1 heterocycles. The Labute approximate surface area is 157 Å². The molecule has 138 valence electrons. The Balaban J connectivity index is 1.70. The zero-order valence-corrected chi connectivity index (χ0v) is 15.3. The molecule has 0 aliphatic rings. The summed E-state index contributed by atoms with van der Waals surface area (Å²) in [6.07, 6.45) is 1.70. The van der Waals surface area contributed by atoms with Crippen LogP contribution in [0.15, 0.2) is 60.8 Å². The number of ether oxygens (including phenoxy) is 1. The van der Waals surface area contributed by atoms with Crippen LogP contribution < -0.4 is 15.0 Å². The summed E-state index contributed by atoms with van der Waals surface area (Å²) in [4.78, 5) is 30.5. The predicted molar refractivity (Wildman–Crippen MR) is 105 cm³/mol. The zero-order valence-electron chi connectivity index (χ0n) is 15.3. The number of rotatable bonds is 6. The normalized spacial score (nSPS) is 10.4. The van der Waals surface area contributed by atoms with Crippen molar-refractivity contribution in [2.24, 2.45) is 0 Å². The van der Waals surface area contributed by atoms with E-state index in [0.29, 0.717) is 24.4 Å². The number of amides is 2. The van der Waals surface area contributed by atoms with Gasteiger partial charge >= 0.3 is 0 Å². The molecule has 2 amide bonds. The molecule has 3 aromatic rings. The molecule has 1 N–H and O–H groups in total. The minimum absolute atomic E-state index is 0.105. The fraction of sp³-hybridized carbons (Fsp3) is 0.190. The smallest absolute Gasteiger partial charge is 0.251 e. The number of nitrogens with zero attached hydrogens (tertiary/aromatic N) is 2. The molecule has 6 nitrogen and oxygen atoms in total. The number of carbonyl (C=O) groups is 2. The molecule has 0 saturated carbocycles. The van der Waals surface area contributed by atoms with Gasteiger partial charge in [-0.15, -0.1) is 0 Å². The van der Waals surface area contributed by atoms with Crippen molar-refractivity contribution >= 4 is 28.4 Å². The summed E-state index contributed by atoms with van der Waals surface area (Å²) in [5.41, 5.74) is 2.04. The Morgan fingerprint density at radius 3 is 2.52 bits per heavy atom. The quantitative estimate of drug-likeness (QED) is 0.731. The van der Waals surface area contributed by atoms with Crippen molar-refractivity contribution < 1.29 is 14.3 Å². The number of hydrogen-bond acceptors (Lipinski definition) is 4. The van der Waals surface area contributed by atoms with Gasteiger partial charge in [-0.1, -0.05) is 18.2 Å². The van der Waals surface area contributed by atoms with Crippen LogP contribution in [0.25, 0.3) is 10.9 Å². The summed E-state index contributed by atoms with van der Waals surface area (Å²) >= 11 is 0. The number of hydrogen-bond donors (Lipinski definition) is 1. The molecule has 2 aromatic carbocycles. The molecule has 0 aliphatic carbocycles. The average molecular weight is 363 g/mol. The molecule has 0 saturated heterocycles. The highest BCUT2D eigenvalue weighted by molar-refractivity contribution is 6.01. The summed E-state index contributed by atoms with van der Waals surface area (Å²) in [5.74, 6) is 0.391. The standard InChI is InChI=1S/C21H21N3O3/c1-15(25)24(19-7-3-5-16-6-4-12-22-20(16)19)14-13-23-21(26)17-8-10-18(27-2)11-9-17/h3-12H,13-14H2,1-2H3,(H,23,26). The lowest BCUT2D eigenvalue weighted by Gasteiger charge is -2.22. The number of pyridine rings is 1. The lowest BCUT2D eigenvalue weighted by Crippen LogP contribution is -2.37. The Bertz CT molecular complexity index is 949. The van der Waals surface area contributed by atoms with E-state index in [-0.39, 0.29) is 11.8 Å². The van der Waals surface area contributed by atoms with Gasteiger partial charge in [-0.3, -0.25) is 14.6 Å². The van der Waals surface area contributed by atoms with E-state index < -0.39 is 0 Å². The van der Waals surface area contributed by atoms with Gasteiger partial charge in [0, 0.05) is 37.2 Å². The van der Waals surface area contributed by atoms with Crippen LogP contribution in [0, 0.1) is 0 Å². The summed E-state index contributed by atoms with van der Waals surface area (Å²) in [6.45, 7) is 2.19. The second-order valence-electron chi connectivity index (χ2n) is 6.01. The van der Waals surface area contributed by atoms with Crippen LogP contribution >= 0.6 is 0 Å². The highest BCUT2D eigenvalue weighted by Crippen LogP contribution is 2.24. The third kappa shape index (κ3) is 4.23. The predicted octanol–water partition coefficient (Wildman–Crippen LogP) is 3.03. The monoisotopic (exact) mass is 363 g/mol.